The van der Waals surface area contributed by atoms with Crippen molar-refractivity contribution in [2.45, 2.75) is 51.9 Å². The minimum absolute atomic E-state index is 0.176. The Labute approximate surface area is 172 Å². The molecule has 1 aliphatic rings. The van der Waals surface area contributed by atoms with E-state index >= 15 is 0 Å². The SMILES string of the molecule is CC(C)c1c(COC2CCCCO2)c(-c2ccc(F)cc2)nn2c(Br)ccc12. The number of fused-ring (bicyclic) bond motifs is 1. The zero-order chi connectivity index (χ0) is 19.7. The van der Waals surface area contributed by atoms with Crippen LogP contribution in [-0.4, -0.2) is 22.5 Å². The second-order valence-electron chi connectivity index (χ2n) is 7.46. The van der Waals surface area contributed by atoms with Gasteiger partial charge in [0.1, 0.15) is 10.4 Å². The number of hydrogen-bond donors (Lipinski definition) is 0. The van der Waals surface area contributed by atoms with Gasteiger partial charge in [-0.25, -0.2) is 8.91 Å². The average molecular weight is 447 g/mol. The van der Waals surface area contributed by atoms with Gasteiger partial charge in [-0.1, -0.05) is 13.8 Å². The number of hydrogen-bond acceptors (Lipinski definition) is 3. The number of ether oxygens (including phenoxy) is 2. The normalized spacial score (nSPS) is 17.5. The van der Waals surface area contributed by atoms with Crippen molar-refractivity contribution in [2.75, 3.05) is 6.61 Å². The first-order valence-electron chi connectivity index (χ1n) is 9.73. The first-order valence-corrected chi connectivity index (χ1v) is 10.5. The minimum Gasteiger partial charge on any atom is -0.353 e. The van der Waals surface area contributed by atoms with Crippen LogP contribution >= 0.6 is 15.9 Å². The fourth-order valence-corrected chi connectivity index (χ4v) is 4.20. The lowest BCUT2D eigenvalue weighted by molar-refractivity contribution is -0.169. The van der Waals surface area contributed by atoms with Crippen molar-refractivity contribution in [3.05, 3.63) is 57.9 Å². The zero-order valence-electron chi connectivity index (χ0n) is 16.1. The van der Waals surface area contributed by atoms with Crippen LogP contribution in [0.15, 0.2) is 41.0 Å². The molecule has 1 fully saturated rings. The Morgan fingerprint density at radius 2 is 2.00 bits per heavy atom. The van der Waals surface area contributed by atoms with E-state index in [0.717, 1.165) is 52.8 Å². The van der Waals surface area contributed by atoms with E-state index in [-0.39, 0.29) is 18.0 Å². The molecule has 0 amide bonds. The molecule has 0 aliphatic carbocycles. The summed E-state index contributed by atoms with van der Waals surface area (Å²) < 4.78 is 28.2. The molecule has 2 aromatic heterocycles. The maximum absolute atomic E-state index is 13.5. The van der Waals surface area contributed by atoms with Crippen LogP contribution in [0.3, 0.4) is 0 Å². The molecule has 4 nitrogen and oxygen atoms in total. The van der Waals surface area contributed by atoms with Crippen molar-refractivity contribution < 1.29 is 13.9 Å². The molecule has 1 aliphatic heterocycles. The summed E-state index contributed by atoms with van der Waals surface area (Å²) in [6.07, 6.45) is 2.94. The van der Waals surface area contributed by atoms with Gasteiger partial charge < -0.3 is 9.47 Å². The summed E-state index contributed by atoms with van der Waals surface area (Å²) >= 11 is 3.58. The highest BCUT2D eigenvalue weighted by Gasteiger charge is 2.22. The number of nitrogens with zero attached hydrogens (tertiary/aromatic N) is 2. The Hall–Kier alpha value is -1.76. The molecular weight excluding hydrogens is 423 g/mol. The lowest BCUT2D eigenvalue weighted by Gasteiger charge is -2.25. The van der Waals surface area contributed by atoms with Gasteiger partial charge in [0.15, 0.2) is 6.29 Å². The highest BCUT2D eigenvalue weighted by atomic mass is 79.9. The molecule has 0 spiro atoms. The van der Waals surface area contributed by atoms with Gasteiger partial charge in [0.2, 0.25) is 0 Å². The van der Waals surface area contributed by atoms with Crippen LogP contribution in [0.1, 0.15) is 50.2 Å². The number of rotatable bonds is 5. The molecule has 28 heavy (non-hydrogen) atoms. The largest absolute Gasteiger partial charge is 0.353 e. The first kappa shape index (κ1) is 19.6. The summed E-state index contributed by atoms with van der Waals surface area (Å²) in [6.45, 7) is 5.50. The van der Waals surface area contributed by atoms with E-state index in [1.54, 1.807) is 12.1 Å². The number of aromatic nitrogens is 2. The summed E-state index contributed by atoms with van der Waals surface area (Å²) in [5, 5.41) is 4.87. The van der Waals surface area contributed by atoms with Crippen molar-refractivity contribution in [3.8, 4) is 11.3 Å². The van der Waals surface area contributed by atoms with Crippen LogP contribution in [0.5, 0.6) is 0 Å². The van der Waals surface area contributed by atoms with Crippen molar-refractivity contribution in [3.63, 3.8) is 0 Å². The van der Waals surface area contributed by atoms with Gasteiger partial charge in [-0.3, -0.25) is 0 Å². The minimum atomic E-state index is -0.260. The Kier molecular flexibility index (Phi) is 5.80. The van der Waals surface area contributed by atoms with Gasteiger partial charge in [-0.05, 0) is 83.1 Å². The van der Waals surface area contributed by atoms with Crippen molar-refractivity contribution >= 4 is 21.4 Å². The lowest BCUT2D eigenvalue weighted by Crippen LogP contribution is -2.23. The predicted molar refractivity (Wildman–Crippen MR) is 111 cm³/mol. The van der Waals surface area contributed by atoms with E-state index in [1.165, 1.54) is 17.7 Å². The average Bonchev–Trinajstić information content (AvgIpc) is 3.07. The fraction of sp³-hybridized carbons (Fsp3) is 0.409. The van der Waals surface area contributed by atoms with E-state index in [9.17, 15) is 4.39 Å². The lowest BCUT2D eigenvalue weighted by atomic mass is 9.94. The highest BCUT2D eigenvalue weighted by molar-refractivity contribution is 9.10. The number of benzene rings is 1. The maximum Gasteiger partial charge on any atom is 0.158 e. The fourth-order valence-electron chi connectivity index (χ4n) is 3.80. The third-order valence-corrected chi connectivity index (χ3v) is 5.74. The van der Waals surface area contributed by atoms with Crippen LogP contribution in [0.4, 0.5) is 4.39 Å². The maximum atomic E-state index is 13.5. The Morgan fingerprint density at radius 1 is 1.21 bits per heavy atom. The summed E-state index contributed by atoms with van der Waals surface area (Å²) in [4.78, 5) is 0. The summed E-state index contributed by atoms with van der Waals surface area (Å²) in [5.41, 5.74) is 4.96. The predicted octanol–water partition coefficient (Wildman–Crippen LogP) is 6.07. The van der Waals surface area contributed by atoms with E-state index < -0.39 is 0 Å². The van der Waals surface area contributed by atoms with Gasteiger partial charge in [0.25, 0.3) is 0 Å². The zero-order valence-corrected chi connectivity index (χ0v) is 17.7. The smallest absolute Gasteiger partial charge is 0.158 e. The van der Waals surface area contributed by atoms with Crippen LogP contribution in [0.25, 0.3) is 16.8 Å². The second kappa shape index (κ2) is 8.31. The molecule has 1 unspecified atom stereocenters. The van der Waals surface area contributed by atoms with Crippen molar-refractivity contribution in [1.82, 2.24) is 9.61 Å². The van der Waals surface area contributed by atoms with Gasteiger partial charge in [0, 0.05) is 17.7 Å². The highest BCUT2D eigenvalue weighted by Crippen LogP contribution is 2.34. The Morgan fingerprint density at radius 3 is 2.68 bits per heavy atom. The molecule has 6 heteroatoms. The molecule has 0 saturated carbocycles. The van der Waals surface area contributed by atoms with Crippen LogP contribution in [0.2, 0.25) is 0 Å². The molecule has 0 N–H and O–H groups in total. The Balaban J connectivity index is 1.83. The van der Waals surface area contributed by atoms with Gasteiger partial charge >= 0.3 is 0 Å². The standard InChI is InChI=1S/C22H24BrFN2O2/c1-14(2)21-17(13-28-20-5-3-4-12-27-20)22(15-6-8-16(24)9-7-15)25-26-18(21)10-11-19(26)23/h6-11,14,20H,3-5,12-13H2,1-2H3. The van der Waals surface area contributed by atoms with Crippen LogP contribution in [0, 0.1) is 5.82 Å². The molecule has 4 rings (SSSR count). The molecule has 1 atom stereocenters. The van der Waals surface area contributed by atoms with E-state index in [0.29, 0.717) is 6.61 Å². The topological polar surface area (TPSA) is 35.8 Å². The molecule has 0 bridgehead atoms. The molecule has 3 heterocycles. The van der Waals surface area contributed by atoms with Gasteiger partial charge in [0.05, 0.1) is 17.8 Å². The quantitative estimate of drug-likeness (QED) is 0.476. The van der Waals surface area contributed by atoms with Crippen molar-refractivity contribution in [1.29, 1.82) is 0 Å². The third-order valence-electron chi connectivity index (χ3n) is 5.14. The molecule has 3 aromatic rings. The molecule has 1 aromatic carbocycles. The monoisotopic (exact) mass is 446 g/mol. The van der Waals surface area contributed by atoms with Crippen LogP contribution in [-0.2, 0) is 16.1 Å². The molecule has 0 radical (unpaired) electrons. The van der Waals surface area contributed by atoms with Gasteiger partial charge in [-0.15, -0.1) is 0 Å². The summed E-state index contributed by atoms with van der Waals surface area (Å²) in [7, 11) is 0. The molecular formula is C22H24BrFN2O2. The van der Waals surface area contributed by atoms with E-state index in [1.807, 2.05) is 10.6 Å². The van der Waals surface area contributed by atoms with Gasteiger partial charge in [-0.2, -0.15) is 5.10 Å². The van der Waals surface area contributed by atoms with Crippen molar-refractivity contribution in [2.24, 2.45) is 0 Å². The summed E-state index contributed by atoms with van der Waals surface area (Å²) in [5.74, 6) is 0.0156. The van der Waals surface area contributed by atoms with Crippen LogP contribution < -0.4 is 0 Å². The molecule has 148 valence electrons. The first-order chi connectivity index (χ1) is 13.5. The second-order valence-corrected chi connectivity index (χ2v) is 8.28. The third kappa shape index (κ3) is 3.86. The van der Waals surface area contributed by atoms with E-state index in [4.69, 9.17) is 14.6 Å². The Bertz CT molecular complexity index is 963. The summed E-state index contributed by atoms with van der Waals surface area (Å²) in [6, 6.07) is 10.5. The van der Waals surface area contributed by atoms with E-state index in [2.05, 4.69) is 35.8 Å². The number of halogens is 2. The molecule has 1 saturated heterocycles.